The van der Waals surface area contributed by atoms with E-state index >= 15 is 0 Å². The van der Waals surface area contributed by atoms with Crippen LogP contribution in [0.2, 0.25) is 0 Å². The Balaban J connectivity index is 1.12. The molecule has 11 rings (SSSR count). The zero-order chi connectivity index (χ0) is 41.9. The lowest BCUT2D eigenvalue weighted by atomic mass is 9.65. The minimum absolute atomic E-state index is 0.191. The van der Waals surface area contributed by atoms with Crippen molar-refractivity contribution >= 4 is 123 Å². The quantitative estimate of drug-likeness (QED) is 0.207. The topological polar surface area (TPSA) is 64.7 Å². The molecule has 61 heavy (non-hydrogen) atoms. The van der Waals surface area contributed by atoms with Crippen LogP contribution in [0.1, 0.15) is 25.0 Å². The molecule has 0 fully saturated rings. The second kappa shape index (κ2) is 13.8. The molecule has 0 N–H and O–H groups in total. The van der Waals surface area contributed by atoms with Gasteiger partial charge in [0.1, 0.15) is 58.2 Å². The van der Waals surface area contributed by atoms with E-state index in [4.69, 9.17) is 66.4 Å². The molecule has 1 aliphatic carbocycles. The first-order valence-corrected chi connectivity index (χ1v) is 20.6. The maximum Gasteiger partial charge on any atom is 0.164 e. The Bertz CT molecular complexity index is 3420. The molecule has 3 heterocycles. The lowest BCUT2D eigenvalue weighted by Gasteiger charge is -2.22. The summed E-state index contributed by atoms with van der Waals surface area (Å²) in [5.74, 6) is 1.56. The second-order valence-electron chi connectivity index (χ2n) is 15.9. The van der Waals surface area contributed by atoms with Crippen LogP contribution in [0.4, 0.5) is 0 Å². The average Bonchev–Trinajstić information content (AvgIpc) is 3.99. The van der Waals surface area contributed by atoms with Crippen molar-refractivity contribution in [3.63, 3.8) is 0 Å². The van der Waals surface area contributed by atoms with E-state index in [1.165, 1.54) is 15.8 Å². The van der Waals surface area contributed by atoms with Crippen molar-refractivity contribution < 1.29 is 4.42 Å². The molecule has 1 aliphatic rings. The van der Waals surface area contributed by atoms with E-state index in [-0.39, 0.29) is 32.7 Å². The number of hydrogen-bond acceptors (Lipinski definition) is 6. The summed E-state index contributed by atoms with van der Waals surface area (Å²) in [4.78, 5) is 19.4. The van der Waals surface area contributed by atoms with Crippen LogP contribution in [-0.2, 0) is 5.41 Å². The van der Waals surface area contributed by atoms with Gasteiger partial charge in [-0.1, -0.05) is 133 Å². The van der Waals surface area contributed by atoms with Crippen molar-refractivity contribution in [2.75, 3.05) is 0 Å². The first kappa shape index (κ1) is 37.6. The van der Waals surface area contributed by atoms with Gasteiger partial charge in [0.05, 0.1) is 15.7 Å². The molecule has 0 spiro atoms. The van der Waals surface area contributed by atoms with Gasteiger partial charge >= 0.3 is 0 Å². The highest BCUT2D eigenvalue weighted by atomic mass is 32.1. The molecule has 5 nitrogen and oxygen atoms in total. The number of nitrogens with zero attached hydrogens (tertiary/aromatic N) is 4. The van der Waals surface area contributed by atoms with Gasteiger partial charge in [-0.3, -0.25) is 0 Å². The van der Waals surface area contributed by atoms with E-state index in [2.05, 4.69) is 49.2 Å². The second-order valence-corrected chi connectivity index (χ2v) is 16.8. The zero-order valence-electron chi connectivity index (χ0n) is 33.1. The van der Waals surface area contributed by atoms with E-state index in [1.807, 2.05) is 90.4 Å². The van der Waals surface area contributed by atoms with Crippen LogP contribution in [0, 0.1) is 0 Å². The number of fused-ring (bicyclic) bond motifs is 8. The number of hydrogen-bond donors (Lipinski definition) is 0. The maximum absolute atomic E-state index is 6.96. The largest absolute Gasteiger partial charge is 0.455 e. The Morgan fingerprint density at radius 1 is 0.475 bits per heavy atom. The molecule has 12 heteroatoms. The van der Waals surface area contributed by atoms with Crippen molar-refractivity contribution in [1.82, 2.24) is 19.9 Å². The SMILES string of the molecule is [B]c1c([B])c([B])c2c(oc3c(-c4ccc5c(c4)C(C)(C)c4ccc6ncsc6c4-5)c([B])c([B])c([B])c32)c1-c1cccc(-c2nc(-c3ccccc3)nc(-c3ccccc3)n2)c1. The van der Waals surface area contributed by atoms with Gasteiger partial charge in [-0.25, -0.2) is 19.9 Å². The molecule has 0 bridgehead atoms. The third-order valence-electron chi connectivity index (χ3n) is 12.1. The van der Waals surface area contributed by atoms with Crippen molar-refractivity contribution in [2.24, 2.45) is 0 Å². The first-order chi connectivity index (χ1) is 29.5. The normalized spacial score (nSPS) is 13.0. The molecular weight excluding hydrogens is 758 g/mol. The lowest BCUT2D eigenvalue weighted by Crippen LogP contribution is -2.42. The van der Waals surface area contributed by atoms with Gasteiger partial charge in [0, 0.05) is 49.6 Å². The summed E-state index contributed by atoms with van der Waals surface area (Å²) in [6, 6.07) is 38.0. The molecule has 3 aromatic heterocycles. The predicted octanol–water partition coefficient (Wildman–Crippen LogP) is 5.78. The molecule has 0 saturated carbocycles. The summed E-state index contributed by atoms with van der Waals surface area (Å²) in [7, 11) is 41.1. The maximum atomic E-state index is 6.96. The zero-order valence-corrected chi connectivity index (χ0v) is 33.9. The molecular formula is C49H26B6N4OS. The fourth-order valence-electron chi connectivity index (χ4n) is 8.99. The van der Waals surface area contributed by atoms with Crippen LogP contribution in [0.15, 0.2) is 125 Å². The minimum Gasteiger partial charge on any atom is -0.455 e. The van der Waals surface area contributed by atoms with E-state index in [0.717, 1.165) is 38.9 Å². The number of aromatic nitrogens is 4. The van der Waals surface area contributed by atoms with Crippen molar-refractivity contribution in [1.29, 1.82) is 0 Å². The number of thiazole rings is 1. The average molecular weight is 784 g/mol. The van der Waals surface area contributed by atoms with Gasteiger partial charge in [-0.15, -0.1) is 22.3 Å². The molecule has 12 radical (unpaired) electrons. The highest BCUT2D eigenvalue weighted by Crippen LogP contribution is 2.53. The highest BCUT2D eigenvalue weighted by molar-refractivity contribution is 7.17. The first-order valence-electron chi connectivity index (χ1n) is 19.7. The summed E-state index contributed by atoms with van der Waals surface area (Å²) >= 11 is 1.65. The van der Waals surface area contributed by atoms with Crippen molar-refractivity contribution in [3.8, 4) is 67.5 Å². The fraction of sp³-hybridized carbons (Fsp3) is 0.0612. The van der Waals surface area contributed by atoms with Crippen LogP contribution in [0.25, 0.3) is 99.7 Å². The molecule has 0 unspecified atom stereocenters. The smallest absolute Gasteiger partial charge is 0.164 e. The summed E-state index contributed by atoms with van der Waals surface area (Å²) in [6.07, 6.45) is 0. The fourth-order valence-corrected chi connectivity index (χ4v) is 9.84. The van der Waals surface area contributed by atoms with Crippen LogP contribution in [0.3, 0.4) is 0 Å². The van der Waals surface area contributed by atoms with Crippen LogP contribution in [0.5, 0.6) is 0 Å². The van der Waals surface area contributed by atoms with Crippen LogP contribution < -0.4 is 32.8 Å². The van der Waals surface area contributed by atoms with Gasteiger partial charge in [0.2, 0.25) is 0 Å². The molecule has 10 aromatic rings. The molecule has 0 atom stereocenters. The molecule has 0 amide bonds. The highest BCUT2D eigenvalue weighted by Gasteiger charge is 2.37. The number of rotatable bonds is 5. The summed E-state index contributed by atoms with van der Waals surface area (Å²) in [5, 5.41) is 0.997. The summed E-state index contributed by atoms with van der Waals surface area (Å²) in [5.41, 5.74) is 14.6. The van der Waals surface area contributed by atoms with Gasteiger partial charge < -0.3 is 4.42 Å². The van der Waals surface area contributed by atoms with Gasteiger partial charge in [0.15, 0.2) is 17.5 Å². The Morgan fingerprint density at radius 2 is 1.00 bits per heavy atom. The Kier molecular flexibility index (Phi) is 8.53. The predicted molar refractivity (Wildman–Crippen MR) is 257 cm³/mol. The van der Waals surface area contributed by atoms with E-state index < -0.39 is 0 Å². The summed E-state index contributed by atoms with van der Waals surface area (Å²) < 4.78 is 8.12. The third-order valence-corrected chi connectivity index (χ3v) is 13.0. The molecule has 0 aliphatic heterocycles. The standard InChI is InChI=1S/C49H26B6N4OS/c1-49(2)29-18-19-31-45(61-22-56-31)34(29)28-17-16-26(21-30(28)49)33-38(51)42(55)40(53)36-35-39(52)41(54)37(50)32(43(35)60-44(33)36)25-14-9-15-27(20-25)48-58-46(23-10-5-3-6-11-23)57-47(59-48)24-12-7-4-8-13-24/h3-22H,1-2H3. The molecule has 0 saturated heterocycles. The Morgan fingerprint density at radius 3 is 1.59 bits per heavy atom. The Hall–Kier alpha value is -6.37. The Labute approximate surface area is 364 Å². The summed E-state index contributed by atoms with van der Waals surface area (Å²) in [6.45, 7) is 4.47. The minimum atomic E-state index is -0.312. The lowest BCUT2D eigenvalue weighted by molar-refractivity contribution is 0.660. The molecule has 7 aromatic carbocycles. The van der Waals surface area contributed by atoms with Crippen LogP contribution >= 0.6 is 11.3 Å². The van der Waals surface area contributed by atoms with Crippen LogP contribution in [-0.4, -0.2) is 67.0 Å². The van der Waals surface area contributed by atoms with E-state index in [1.54, 1.807) is 11.3 Å². The van der Waals surface area contributed by atoms with Crippen molar-refractivity contribution in [3.05, 3.63) is 132 Å². The monoisotopic (exact) mass is 784 g/mol. The van der Waals surface area contributed by atoms with Gasteiger partial charge in [0.25, 0.3) is 0 Å². The molecule has 272 valence electrons. The van der Waals surface area contributed by atoms with E-state index in [0.29, 0.717) is 61.6 Å². The number of furan rings is 1. The number of benzene rings is 7. The van der Waals surface area contributed by atoms with E-state index in [9.17, 15) is 0 Å². The van der Waals surface area contributed by atoms with Gasteiger partial charge in [-0.05, 0) is 46.0 Å². The van der Waals surface area contributed by atoms with Crippen molar-refractivity contribution in [2.45, 2.75) is 19.3 Å². The van der Waals surface area contributed by atoms with Gasteiger partial charge in [-0.2, -0.15) is 0 Å². The third kappa shape index (κ3) is 5.61.